The fourth-order valence-corrected chi connectivity index (χ4v) is 2.66. The highest BCUT2D eigenvalue weighted by atomic mass is 32.2. The lowest BCUT2D eigenvalue weighted by Crippen LogP contribution is -2.36. The van der Waals surface area contributed by atoms with Crippen LogP contribution in [0.25, 0.3) is 5.69 Å². The molecule has 0 aliphatic carbocycles. The minimum Gasteiger partial charge on any atom is -0.406 e. The first-order valence-electron chi connectivity index (χ1n) is 7.34. The van der Waals surface area contributed by atoms with Gasteiger partial charge in [0, 0.05) is 13.2 Å². The summed E-state index contributed by atoms with van der Waals surface area (Å²) >= 11 is 1.09. The van der Waals surface area contributed by atoms with Crippen molar-refractivity contribution in [2.45, 2.75) is 24.5 Å². The van der Waals surface area contributed by atoms with Gasteiger partial charge in [-0.2, -0.15) is 4.68 Å². The molecule has 0 spiro atoms. The number of alkyl halides is 3. The van der Waals surface area contributed by atoms with Crippen LogP contribution in [0, 0.1) is 0 Å². The third-order valence-corrected chi connectivity index (χ3v) is 3.83. The number of halogens is 3. The van der Waals surface area contributed by atoms with Crippen LogP contribution in [0.2, 0.25) is 0 Å². The Morgan fingerprint density at radius 1 is 1.35 bits per heavy atom. The lowest BCUT2D eigenvalue weighted by Gasteiger charge is -2.12. The Morgan fingerprint density at radius 2 is 2.04 bits per heavy atom. The molecule has 1 aromatic carbocycles. The van der Waals surface area contributed by atoms with Crippen LogP contribution < -0.4 is 10.1 Å². The van der Waals surface area contributed by atoms with Gasteiger partial charge in [0.2, 0.25) is 11.1 Å². The van der Waals surface area contributed by atoms with E-state index < -0.39 is 6.36 Å². The zero-order chi connectivity index (χ0) is 19.2. The standard InChI is InChI=1S/C14H16F3N5O3S/c1-9(7-24-2)18-12(23)8-26-13-19-20-21-22(13)10-3-5-11(6-4-10)25-14(15,16)17/h3-6,9H,7-8H2,1-2H3,(H,18,23)/t9-/m0/s1. The molecule has 1 N–H and O–H groups in total. The van der Waals surface area contributed by atoms with Crippen molar-refractivity contribution in [3.63, 3.8) is 0 Å². The summed E-state index contributed by atoms with van der Waals surface area (Å²) in [6, 6.07) is 4.92. The van der Waals surface area contributed by atoms with Crippen LogP contribution >= 0.6 is 11.8 Å². The van der Waals surface area contributed by atoms with Crippen molar-refractivity contribution >= 4 is 17.7 Å². The molecule has 0 aliphatic rings. The zero-order valence-corrected chi connectivity index (χ0v) is 14.7. The maximum Gasteiger partial charge on any atom is 0.573 e. The first kappa shape index (κ1) is 20.0. The van der Waals surface area contributed by atoms with Gasteiger partial charge in [0.05, 0.1) is 18.0 Å². The number of amides is 1. The van der Waals surface area contributed by atoms with Gasteiger partial charge in [-0.05, 0) is 41.6 Å². The summed E-state index contributed by atoms with van der Waals surface area (Å²) in [6.45, 7) is 2.20. The Balaban J connectivity index is 1.98. The second-order valence-corrected chi connectivity index (χ2v) is 6.07. The van der Waals surface area contributed by atoms with E-state index >= 15 is 0 Å². The summed E-state index contributed by atoms with van der Waals surface area (Å²) in [7, 11) is 1.54. The molecule has 0 saturated carbocycles. The molecule has 142 valence electrons. The molecule has 8 nitrogen and oxygen atoms in total. The number of hydrogen-bond donors (Lipinski definition) is 1. The molecule has 0 unspecified atom stereocenters. The van der Waals surface area contributed by atoms with Gasteiger partial charge in [0.1, 0.15) is 5.75 Å². The second kappa shape index (κ2) is 8.85. The first-order chi connectivity index (χ1) is 12.3. The molecule has 1 amide bonds. The summed E-state index contributed by atoms with van der Waals surface area (Å²) in [5.41, 5.74) is 0.431. The van der Waals surface area contributed by atoms with Crippen LogP contribution in [0.4, 0.5) is 13.2 Å². The van der Waals surface area contributed by atoms with Crippen molar-refractivity contribution in [1.82, 2.24) is 25.5 Å². The highest BCUT2D eigenvalue weighted by Gasteiger charge is 2.31. The van der Waals surface area contributed by atoms with E-state index in [2.05, 4.69) is 25.6 Å². The van der Waals surface area contributed by atoms with E-state index in [0.717, 1.165) is 23.9 Å². The van der Waals surface area contributed by atoms with E-state index in [1.807, 2.05) is 0 Å². The Morgan fingerprint density at radius 3 is 2.65 bits per heavy atom. The second-order valence-electron chi connectivity index (χ2n) is 5.13. The molecule has 2 rings (SSSR count). The van der Waals surface area contributed by atoms with Crippen molar-refractivity contribution in [1.29, 1.82) is 0 Å². The molecule has 2 aromatic rings. The quantitative estimate of drug-likeness (QED) is 0.686. The number of carbonyl (C=O) groups is 1. The number of benzene rings is 1. The Hall–Kier alpha value is -2.34. The number of methoxy groups -OCH3 is 1. The van der Waals surface area contributed by atoms with E-state index in [-0.39, 0.29) is 23.5 Å². The fraction of sp³-hybridized carbons (Fsp3) is 0.429. The summed E-state index contributed by atoms with van der Waals surface area (Å²) < 4.78 is 46.6. The molecule has 1 heterocycles. The van der Waals surface area contributed by atoms with Crippen LogP contribution in [0.5, 0.6) is 5.75 Å². The first-order valence-corrected chi connectivity index (χ1v) is 8.32. The molecular weight excluding hydrogens is 375 g/mol. The van der Waals surface area contributed by atoms with Crippen molar-refractivity contribution in [3.8, 4) is 11.4 Å². The average Bonchev–Trinajstić information content (AvgIpc) is 3.01. The molecule has 0 radical (unpaired) electrons. The van der Waals surface area contributed by atoms with Crippen molar-refractivity contribution < 1.29 is 27.4 Å². The average molecular weight is 391 g/mol. The number of thioether (sulfide) groups is 1. The monoisotopic (exact) mass is 391 g/mol. The zero-order valence-electron chi connectivity index (χ0n) is 13.9. The minimum atomic E-state index is -4.76. The lowest BCUT2D eigenvalue weighted by atomic mass is 10.3. The Bertz CT molecular complexity index is 723. The molecule has 0 aliphatic heterocycles. The Kier molecular flexibility index (Phi) is 6.80. The van der Waals surface area contributed by atoms with Crippen LogP contribution in [0.3, 0.4) is 0 Å². The summed E-state index contributed by atoms with van der Waals surface area (Å²) in [6.07, 6.45) is -4.76. The predicted molar refractivity (Wildman–Crippen MR) is 86.0 cm³/mol. The van der Waals surface area contributed by atoms with Crippen molar-refractivity contribution in [3.05, 3.63) is 24.3 Å². The van der Waals surface area contributed by atoms with Gasteiger partial charge in [-0.25, -0.2) is 0 Å². The predicted octanol–water partition coefficient (Wildman–Crippen LogP) is 1.80. The summed E-state index contributed by atoms with van der Waals surface area (Å²) in [4.78, 5) is 11.9. The topological polar surface area (TPSA) is 91.2 Å². The third kappa shape index (κ3) is 6.19. The number of ether oxygens (including phenoxy) is 2. The highest BCUT2D eigenvalue weighted by molar-refractivity contribution is 7.99. The van der Waals surface area contributed by atoms with Crippen LogP contribution in [-0.2, 0) is 9.53 Å². The SMILES string of the molecule is COC[C@H](C)NC(=O)CSc1nnnn1-c1ccc(OC(F)(F)F)cc1. The van der Waals surface area contributed by atoms with Gasteiger partial charge >= 0.3 is 6.36 Å². The molecule has 1 aromatic heterocycles. The number of carbonyl (C=O) groups excluding carboxylic acids is 1. The van der Waals surface area contributed by atoms with E-state index in [1.165, 1.54) is 23.9 Å². The van der Waals surface area contributed by atoms with E-state index in [1.54, 1.807) is 6.92 Å². The smallest absolute Gasteiger partial charge is 0.406 e. The van der Waals surface area contributed by atoms with Gasteiger partial charge < -0.3 is 14.8 Å². The van der Waals surface area contributed by atoms with E-state index in [0.29, 0.717) is 17.5 Å². The van der Waals surface area contributed by atoms with Crippen LogP contribution in [-0.4, -0.2) is 58.0 Å². The number of rotatable bonds is 8. The van der Waals surface area contributed by atoms with Crippen molar-refractivity contribution in [2.75, 3.05) is 19.5 Å². The van der Waals surface area contributed by atoms with Crippen molar-refractivity contribution in [2.24, 2.45) is 0 Å². The molecular formula is C14H16F3N5O3S. The molecule has 0 saturated heterocycles. The summed E-state index contributed by atoms with van der Waals surface area (Å²) in [5, 5.41) is 14.2. The molecule has 12 heteroatoms. The van der Waals surface area contributed by atoms with E-state index in [4.69, 9.17) is 4.74 Å². The molecule has 0 fully saturated rings. The van der Waals surface area contributed by atoms with Gasteiger partial charge in [0.25, 0.3) is 0 Å². The maximum atomic E-state index is 12.2. The third-order valence-electron chi connectivity index (χ3n) is 2.91. The largest absolute Gasteiger partial charge is 0.573 e. The highest BCUT2D eigenvalue weighted by Crippen LogP contribution is 2.24. The number of aromatic nitrogens is 4. The van der Waals surface area contributed by atoms with E-state index in [9.17, 15) is 18.0 Å². The summed E-state index contributed by atoms with van der Waals surface area (Å²) in [5.74, 6) is -0.498. The minimum absolute atomic E-state index is 0.0731. The van der Waals surface area contributed by atoms with Gasteiger partial charge in [-0.3, -0.25) is 4.79 Å². The molecule has 0 bridgehead atoms. The number of nitrogens with zero attached hydrogens (tertiary/aromatic N) is 4. The van der Waals surface area contributed by atoms with Gasteiger partial charge in [0.15, 0.2) is 0 Å². The number of tetrazole rings is 1. The van der Waals surface area contributed by atoms with Crippen LogP contribution in [0.15, 0.2) is 29.4 Å². The maximum absolute atomic E-state index is 12.2. The normalized spacial score (nSPS) is 12.7. The number of hydrogen-bond acceptors (Lipinski definition) is 7. The van der Waals surface area contributed by atoms with Gasteiger partial charge in [-0.15, -0.1) is 18.3 Å². The van der Waals surface area contributed by atoms with Gasteiger partial charge in [-0.1, -0.05) is 11.8 Å². The number of nitrogens with one attached hydrogen (secondary N) is 1. The Labute approximate surface area is 151 Å². The van der Waals surface area contributed by atoms with Crippen LogP contribution in [0.1, 0.15) is 6.92 Å². The molecule has 26 heavy (non-hydrogen) atoms. The fourth-order valence-electron chi connectivity index (χ4n) is 1.96. The lowest BCUT2D eigenvalue weighted by molar-refractivity contribution is -0.274. The molecule has 1 atom stereocenters.